The highest BCUT2D eigenvalue weighted by Crippen LogP contribution is 1.96. The van der Waals surface area contributed by atoms with Crippen LogP contribution in [0.15, 0.2) is 0 Å². The van der Waals surface area contributed by atoms with Gasteiger partial charge in [-0.05, 0) is 10.8 Å². The Morgan fingerprint density at radius 1 is 1.83 bits per heavy atom. The summed E-state index contributed by atoms with van der Waals surface area (Å²) < 4.78 is 15.4. The van der Waals surface area contributed by atoms with Crippen molar-refractivity contribution in [2.45, 2.75) is 26.1 Å². The van der Waals surface area contributed by atoms with Gasteiger partial charge < -0.3 is 0 Å². The molecule has 0 aromatic heterocycles. The molecule has 0 rings (SSSR count). The Labute approximate surface area is 56.3 Å². The van der Waals surface area contributed by atoms with E-state index in [1.54, 1.807) is 0 Å². The van der Waals surface area contributed by atoms with Crippen LogP contribution < -0.4 is 0 Å². The first-order valence-electron chi connectivity index (χ1n) is 3.18. The molecular weight excluding hydrogens is 187 g/mol. The van der Waals surface area contributed by atoms with Crippen molar-refractivity contribution in [2.24, 2.45) is 0 Å². The molecule has 0 spiro atoms. The van der Waals surface area contributed by atoms with E-state index in [1.165, 1.54) is 0 Å². The van der Waals surface area contributed by atoms with Gasteiger partial charge in [0.05, 0.1) is 0 Å². The lowest BCUT2D eigenvalue weighted by Crippen LogP contribution is -1.70. The molecule has 0 saturated carbocycles. The molecule has 0 atom stereocenters. The summed E-state index contributed by atoms with van der Waals surface area (Å²) in [6.07, 6.45) is 0.404. The topological polar surface area (TPSA) is 0 Å². The Morgan fingerprint density at radius 2 is 2.50 bits per heavy atom. The van der Waals surface area contributed by atoms with E-state index in [9.17, 15) is 0 Å². The largest absolute Gasteiger partial charge is 0.0864 e. The van der Waals surface area contributed by atoms with Gasteiger partial charge >= 0.3 is 0 Å². The first-order valence-corrected chi connectivity index (χ1v) is 3.71. The summed E-state index contributed by atoms with van der Waals surface area (Å²) in [7, 11) is 0. The molecule has 0 aliphatic carbocycles. The highest BCUT2D eigenvalue weighted by molar-refractivity contribution is 14.1. The Balaban J connectivity index is 3.37. The molecule has 6 heavy (non-hydrogen) atoms. The first-order chi connectivity index (χ1) is 3.62. The van der Waals surface area contributed by atoms with Crippen LogP contribution in [-0.2, 0) is 0 Å². The van der Waals surface area contributed by atoms with Crippen molar-refractivity contribution >= 4 is 22.6 Å². The monoisotopic (exact) mass is 200 g/mol. The molecular formula is C5H11I. The molecule has 0 radical (unpaired) electrons. The second kappa shape index (κ2) is 5.73. The van der Waals surface area contributed by atoms with Gasteiger partial charge in [0, 0.05) is 2.74 Å². The van der Waals surface area contributed by atoms with Crippen molar-refractivity contribution in [3.63, 3.8) is 0 Å². The van der Waals surface area contributed by atoms with Gasteiger partial charge in [-0.15, -0.1) is 0 Å². The quantitative estimate of drug-likeness (QED) is 0.485. The van der Waals surface area contributed by atoms with Crippen LogP contribution in [0.5, 0.6) is 0 Å². The highest BCUT2D eigenvalue weighted by atomic mass is 127. The summed E-state index contributed by atoms with van der Waals surface area (Å²) >= 11 is 2.20. The Morgan fingerprint density at radius 3 is 2.67 bits per heavy atom. The minimum Gasteiger partial charge on any atom is -0.0864 e. The third-order valence-electron chi connectivity index (χ3n) is 0.521. The van der Waals surface area contributed by atoms with Crippen molar-refractivity contribution in [3.05, 3.63) is 0 Å². The molecule has 0 aliphatic rings. The van der Waals surface area contributed by atoms with E-state index in [2.05, 4.69) is 22.6 Å². The second-order valence-electron chi connectivity index (χ2n) is 1.04. The molecule has 0 N–H and O–H groups in total. The van der Waals surface area contributed by atoms with Crippen LogP contribution in [0.2, 0.25) is 0 Å². The summed E-state index contributed by atoms with van der Waals surface area (Å²) in [6, 6.07) is 0. The van der Waals surface area contributed by atoms with Crippen molar-refractivity contribution in [1.29, 1.82) is 0 Å². The summed E-state index contributed by atoms with van der Waals surface area (Å²) in [6.45, 7) is 1.88. The molecule has 0 saturated heterocycles. The van der Waals surface area contributed by atoms with Crippen LogP contribution in [0.25, 0.3) is 0 Å². The minimum absolute atomic E-state index is 0.635. The molecule has 0 heterocycles. The van der Waals surface area contributed by atoms with Gasteiger partial charge in [-0.2, -0.15) is 0 Å². The summed E-state index contributed by atoms with van der Waals surface area (Å²) in [5.74, 6) is 0. The fourth-order valence-corrected chi connectivity index (χ4v) is 0.625. The number of hydrogen-bond donors (Lipinski definition) is 0. The molecule has 0 bridgehead atoms. The fraction of sp³-hybridized carbons (Fsp3) is 1.00. The first kappa shape index (κ1) is 3.70. The van der Waals surface area contributed by atoms with E-state index < -0.39 is 6.37 Å². The summed E-state index contributed by atoms with van der Waals surface area (Å²) in [5.41, 5.74) is 0. The lowest BCUT2D eigenvalue weighted by molar-refractivity contribution is 0.785. The Hall–Kier alpha value is 0.730. The van der Waals surface area contributed by atoms with Crippen LogP contribution >= 0.6 is 22.6 Å². The predicted molar refractivity (Wildman–Crippen MR) is 38.4 cm³/mol. The average Bonchev–Trinajstić information content (AvgIpc) is 1.67. The smallest absolute Gasteiger partial charge is 0.0267 e. The lowest BCUT2D eigenvalue weighted by Gasteiger charge is -1.85. The molecule has 38 valence electrons. The van der Waals surface area contributed by atoms with Crippen molar-refractivity contribution in [2.75, 3.05) is 4.43 Å². The highest BCUT2D eigenvalue weighted by Gasteiger charge is 1.76. The van der Waals surface area contributed by atoms with E-state index in [0.717, 1.165) is 4.43 Å². The molecule has 0 aromatic carbocycles. The average molecular weight is 200 g/mol. The number of rotatable bonds is 3. The van der Waals surface area contributed by atoms with Gasteiger partial charge in [0.15, 0.2) is 0 Å². The zero-order valence-corrected chi connectivity index (χ0v) is 6.16. The van der Waals surface area contributed by atoms with E-state index in [1.807, 2.05) is 6.92 Å². The van der Waals surface area contributed by atoms with Crippen molar-refractivity contribution < 1.29 is 2.74 Å². The molecule has 0 fully saturated rings. The summed E-state index contributed by atoms with van der Waals surface area (Å²) in [4.78, 5) is 0. The van der Waals surface area contributed by atoms with Gasteiger partial charge in [-0.1, -0.05) is 42.3 Å². The van der Waals surface area contributed by atoms with Gasteiger partial charge in [0.2, 0.25) is 0 Å². The van der Waals surface area contributed by atoms with Gasteiger partial charge in [-0.25, -0.2) is 0 Å². The molecule has 0 aromatic rings. The molecule has 0 aliphatic heterocycles. The second-order valence-corrected chi connectivity index (χ2v) is 2.12. The zero-order chi connectivity index (χ0) is 6.62. The number of halogens is 1. The van der Waals surface area contributed by atoms with Gasteiger partial charge in [-0.3, -0.25) is 0 Å². The zero-order valence-electron chi connectivity index (χ0n) is 6.00. The Kier molecular flexibility index (Phi) is 3.53. The standard InChI is InChI=1S/C5H11I/c1-2-3-4-5-6/h2-5H2,1H3/i3D2. The number of hydrogen-bond acceptors (Lipinski definition) is 0. The fourth-order valence-electron chi connectivity index (χ4n) is 0.244. The third-order valence-corrected chi connectivity index (χ3v) is 1.06. The van der Waals surface area contributed by atoms with Crippen molar-refractivity contribution in [1.82, 2.24) is 0 Å². The van der Waals surface area contributed by atoms with Crippen molar-refractivity contribution in [3.8, 4) is 0 Å². The maximum atomic E-state index is 7.24. The Bertz CT molecular complexity index is 63.4. The maximum absolute atomic E-state index is 7.24. The summed E-state index contributed by atoms with van der Waals surface area (Å²) in [5, 5.41) is 0. The van der Waals surface area contributed by atoms with E-state index in [0.29, 0.717) is 12.8 Å². The molecule has 0 unspecified atom stereocenters. The van der Waals surface area contributed by atoms with Gasteiger partial charge in [0.1, 0.15) is 0 Å². The molecule has 0 nitrogen and oxygen atoms in total. The maximum Gasteiger partial charge on any atom is 0.0267 e. The number of alkyl halides is 1. The normalized spacial score (nSPS) is 16.3. The van der Waals surface area contributed by atoms with Crippen LogP contribution in [-0.4, -0.2) is 4.43 Å². The minimum atomic E-state index is -0.915. The molecule has 1 heteroatoms. The van der Waals surface area contributed by atoms with Crippen LogP contribution in [0.1, 0.15) is 28.9 Å². The van der Waals surface area contributed by atoms with Crippen LogP contribution in [0, 0.1) is 0 Å². The van der Waals surface area contributed by atoms with Crippen LogP contribution in [0.4, 0.5) is 0 Å². The lowest BCUT2D eigenvalue weighted by atomic mass is 10.3. The molecule has 0 amide bonds. The van der Waals surface area contributed by atoms with E-state index >= 15 is 0 Å². The SMILES string of the molecule is [2H]C([2H])(CC)CCI. The van der Waals surface area contributed by atoms with E-state index in [-0.39, 0.29) is 0 Å². The third kappa shape index (κ3) is 4.73. The van der Waals surface area contributed by atoms with Gasteiger partial charge in [0.25, 0.3) is 0 Å². The van der Waals surface area contributed by atoms with E-state index in [4.69, 9.17) is 2.74 Å². The van der Waals surface area contributed by atoms with Crippen LogP contribution in [0.3, 0.4) is 0 Å². The predicted octanol–water partition coefficient (Wildman–Crippen LogP) is 2.61.